The van der Waals surface area contributed by atoms with E-state index in [1.54, 1.807) is 54.1 Å². The van der Waals surface area contributed by atoms with Crippen LogP contribution < -0.4 is 5.32 Å². The third kappa shape index (κ3) is 3.78. The van der Waals surface area contributed by atoms with E-state index in [1.807, 2.05) is 19.9 Å². The Morgan fingerprint density at radius 3 is 2.44 bits per heavy atom. The highest BCUT2D eigenvalue weighted by Crippen LogP contribution is 2.25. The molecule has 0 atom stereocenters. The number of amides is 1. The molecule has 0 aliphatic heterocycles. The third-order valence-corrected chi connectivity index (χ3v) is 4.65. The first-order valence-corrected chi connectivity index (χ1v) is 9.04. The molecule has 0 bridgehead atoms. The van der Waals surface area contributed by atoms with Crippen molar-refractivity contribution >= 4 is 29.0 Å². The maximum absolute atomic E-state index is 12.9. The second-order valence-electron chi connectivity index (χ2n) is 6.20. The van der Waals surface area contributed by atoms with Crippen LogP contribution in [0.25, 0.3) is 0 Å². The van der Waals surface area contributed by atoms with Gasteiger partial charge in [-0.15, -0.1) is 0 Å². The van der Waals surface area contributed by atoms with Gasteiger partial charge in [0.15, 0.2) is 5.78 Å². The van der Waals surface area contributed by atoms with Gasteiger partial charge in [0.1, 0.15) is 0 Å². The summed E-state index contributed by atoms with van der Waals surface area (Å²) < 4.78 is 1.78. The molecule has 6 heteroatoms. The second kappa shape index (κ2) is 7.76. The number of hydrogen-bond donors (Lipinski definition) is 1. The SMILES string of the molecule is CCn1nc(C)c(C(=O)Nc2ccc(Cl)cc2C(=O)c2ccccc2)c1C. The number of halogens is 1. The quantitative estimate of drug-likeness (QED) is 0.654. The molecule has 0 aliphatic rings. The minimum atomic E-state index is -0.297. The van der Waals surface area contributed by atoms with Crippen LogP contribution in [0.5, 0.6) is 0 Å². The average Bonchev–Trinajstić information content (AvgIpc) is 2.96. The molecule has 0 saturated carbocycles. The van der Waals surface area contributed by atoms with Gasteiger partial charge < -0.3 is 5.32 Å². The van der Waals surface area contributed by atoms with Crippen LogP contribution in [0.4, 0.5) is 5.69 Å². The molecule has 1 heterocycles. The molecule has 3 aromatic rings. The number of carbonyl (C=O) groups is 2. The first-order chi connectivity index (χ1) is 12.9. The summed E-state index contributed by atoms with van der Waals surface area (Å²) in [4.78, 5) is 25.8. The van der Waals surface area contributed by atoms with Gasteiger partial charge in [-0.3, -0.25) is 14.3 Å². The lowest BCUT2D eigenvalue weighted by molar-refractivity contribution is 0.102. The number of rotatable bonds is 5. The van der Waals surface area contributed by atoms with Gasteiger partial charge in [0.25, 0.3) is 5.91 Å². The Bertz CT molecular complexity index is 1010. The fourth-order valence-electron chi connectivity index (χ4n) is 3.08. The van der Waals surface area contributed by atoms with Crippen molar-refractivity contribution in [3.8, 4) is 0 Å². The molecule has 1 amide bonds. The van der Waals surface area contributed by atoms with Crippen LogP contribution in [0, 0.1) is 13.8 Å². The number of carbonyl (C=O) groups excluding carboxylic acids is 2. The van der Waals surface area contributed by atoms with Gasteiger partial charge in [-0.1, -0.05) is 41.9 Å². The fourth-order valence-corrected chi connectivity index (χ4v) is 3.25. The summed E-state index contributed by atoms with van der Waals surface area (Å²) >= 11 is 6.10. The summed E-state index contributed by atoms with van der Waals surface area (Å²) in [5, 5.41) is 7.66. The summed E-state index contributed by atoms with van der Waals surface area (Å²) in [7, 11) is 0. The van der Waals surface area contributed by atoms with Crippen molar-refractivity contribution in [3.63, 3.8) is 0 Å². The lowest BCUT2D eigenvalue weighted by Crippen LogP contribution is -2.17. The Labute approximate surface area is 163 Å². The summed E-state index contributed by atoms with van der Waals surface area (Å²) in [5.41, 5.74) is 3.25. The highest BCUT2D eigenvalue weighted by molar-refractivity contribution is 6.31. The first-order valence-electron chi connectivity index (χ1n) is 8.67. The predicted molar refractivity (Wildman–Crippen MR) is 107 cm³/mol. The maximum Gasteiger partial charge on any atom is 0.259 e. The molecular formula is C21H20ClN3O2. The van der Waals surface area contributed by atoms with Crippen molar-refractivity contribution in [3.05, 3.63) is 81.6 Å². The van der Waals surface area contributed by atoms with Gasteiger partial charge in [-0.25, -0.2) is 0 Å². The fraction of sp³-hybridized carbons (Fsp3) is 0.190. The Kier molecular flexibility index (Phi) is 5.42. The maximum atomic E-state index is 12.9. The molecule has 27 heavy (non-hydrogen) atoms. The predicted octanol–water partition coefficient (Wildman–Crippen LogP) is 4.66. The van der Waals surface area contributed by atoms with Gasteiger partial charge >= 0.3 is 0 Å². The number of aryl methyl sites for hydroxylation is 2. The van der Waals surface area contributed by atoms with Crippen LogP contribution in [0.2, 0.25) is 5.02 Å². The minimum absolute atomic E-state index is 0.203. The van der Waals surface area contributed by atoms with E-state index in [2.05, 4.69) is 10.4 Å². The van der Waals surface area contributed by atoms with Crippen molar-refractivity contribution in [2.24, 2.45) is 0 Å². The summed E-state index contributed by atoms with van der Waals surface area (Å²) in [6.07, 6.45) is 0. The number of anilines is 1. The van der Waals surface area contributed by atoms with Crippen molar-refractivity contribution in [2.45, 2.75) is 27.3 Å². The van der Waals surface area contributed by atoms with E-state index in [4.69, 9.17) is 11.6 Å². The Balaban J connectivity index is 1.98. The molecule has 0 saturated heterocycles. The lowest BCUT2D eigenvalue weighted by atomic mass is 10.0. The summed E-state index contributed by atoms with van der Waals surface area (Å²) in [6, 6.07) is 13.8. The molecule has 138 valence electrons. The number of nitrogens with zero attached hydrogens (tertiary/aromatic N) is 2. The molecule has 3 rings (SSSR count). The first kappa shape index (κ1) is 18.9. The average molecular weight is 382 g/mol. The Hall–Kier alpha value is -2.92. The molecule has 5 nitrogen and oxygen atoms in total. The molecular weight excluding hydrogens is 362 g/mol. The van der Waals surface area contributed by atoms with Crippen molar-refractivity contribution in [1.29, 1.82) is 0 Å². The molecule has 0 fully saturated rings. The van der Waals surface area contributed by atoms with Gasteiger partial charge in [0.2, 0.25) is 0 Å². The number of aromatic nitrogens is 2. The van der Waals surface area contributed by atoms with Gasteiger partial charge in [0.05, 0.1) is 16.9 Å². The molecule has 0 spiro atoms. The molecule has 0 radical (unpaired) electrons. The van der Waals surface area contributed by atoms with Crippen molar-refractivity contribution in [2.75, 3.05) is 5.32 Å². The highest BCUT2D eigenvalue weighted by Gasteiger charge is 2.21. The summed E-state index contributed by atoms with van der Waals surface area (Å²) in [5.74, 6) is -0.500. The van der Waals surface area contributed by atoms with Gasteiger partial charge in [-0.05, 0) is 39.0 Å². The largest absolute Gasteiger partial charge is 0.321 e. The zero-order valence-electron chi connectivity index (χ0n) is 15.4. The molecule has 2 aromatic carbocycles. The molecule has 0 aliphatic carbocycles. The van der Waals surface area contributed by atoms with Crippen LogP contribution in [0.1, 0.15) is 44.6 Å². The Morgan fingerprint density at radius 2 is 1.81 bits per heavy atom. The highest BCUT2D eigenvalue weighted by atomic mass is 35.5. The van der Waals surface area contributed by atoms with Crippen LogP contribution in [-0.2, 0) is 6.54 Å². The molecule has 1 aromatic heterocycles. The normalized spacial score (nSPS) is 10.7. The zero-order chi connectivity index (χ0) is 19.6. The number of benzene rings is 2. The van der Waals surface area contributed by atoms with Gasteiger partial charge in [0, 0.05) is 28.4 Å². The summed E-state index contributed by atoms with van der Waals surface area (Å²) in [6.45, 7) is 6.30. The monoisotopic (exact) mass is 381 g/mol. The van der Waals surface area contributed by atoms with E-state index in [9.17, 15) is 9.59 Å². The van der Waals surface area contributed by atoms with Gasteiger partial charge in [-0.2, -0.15) is 5.10 Å². The zero-order valence-corrected chi connectivity index (χ0v) is 16.2. The van der Waals surface area contributed by atoms with Crippen LogP contribution >= 0.6 is 11.6 Å². The lowest BCUT2D eigenvalue weighted by Gasteiger charge is -2.12. The number of nitrogens with one attached hydrogen (secondary N) is 1. The van der Waals surface area contributed by atoms with E-state index in [-0.39, 0.29) is 11.7 Å². The number of ketones is 1. The van der Waals surface area contributed by atoms with Crippen LogP contribution in [0.15, 0.2) is 48.5 Å². The van der Waals surface area contributed by atoms with Crippen LogP contribution in [-0.4, -0.2) is 21.5 Å². The van der Waals surface area contributed by atoms with E-state index in [0.717, 1.165) is 5.69 Å². The molecule has 1 N–H and O–H groups in total. The van der Waals surface area contributed by atoms with E-state index in [0.29, 0.717) is 39.6 Å². The standard InChI is InChI=1S/C21H20ClN3O2/c1-4-25-14(3)19(13(2)24-25)21(27)23-18-11-10-16(22)12-17(18)20(26)15-8-6-5-7-9-15/h5-12H,4H2,1-3H3,(H,23,27). The topological polar surface area (TPSA) is 64.0 Å². The number of hydrogen-bond acceptors (Lipinski definition) is 3. The van der Waals surface area contributed by atoms with Crippen LogP contribution in [0.3, 0.4) is 0 Å². The Morgan fingerprint density at radius 1 is 1.11 bits per heavy atom. The second-order valence-corrected chi connectivity index (χ2v) is 6.64. The van der Waals surface area contributed by atoms with E-state index < -0.39 is 0 Å². The van der Waals surface area contributed by atoms with Crippen molar-refractivity contribution in [1.82, 2.24) is 9.78 Å². The van der Waals surface area contributed by atoms with E-state index >= 15 is 0 Å². The smallest absolute Gasteiger partial charge is 0.259 e. The van der Waals surface area contributed by atoms with E-state index in [1.165, 1.54) is 0 Å². The minimum Gasteiger partial charge on any atom is -0.321 e. The molecule has 0 unspecified atom stereocenters. The third-order valence-electron chi connectivity index (χ3n) is 4.42. The van der Waals surface area contributed by atoms with Crippen molar-refractivity contribution < 1.29 is 9.59 Å².